The summed E-state index contributed by atoms with van der Waals surface area (Å²) in [6, 6.07) is 10.7. The molecule has 1 aromatic rings. The van der Waals surface area contributed by atoms with E-state index in [1.165, 1.54) is 31.2 Å². The third-order valence-electron chi connectivity index (χ3n) is 2.38. The summed E-state index contributed by atoms with van der Waals surface area (Å²) >= 11 is 0. The lowest BCUT2D eigenvalue weighted by Gasteiger charge is -2.08. The average Bonchev–Trinajstić information content (AvgIpc) is 2.17. The molecule has 0 spiro atoms. The zero-order chi connectivity index (χ0) is 9.52. The summed E-state index contributed by atoms with van der Waals surface area (Å²) in [5.74, 6) is 0.630. The van der Waals surface area contributed by atoms with Crippen LogP contribution in [0.2, 0.25) is 0 Å². The van der Waals surface area contributed by atoms with Gasteiger partial charge in [-0.1, -0.05) is 57.0 Å². The van der Waals surface area contributed by atoms with Crippen molar-refractivity contribution in [2.24, 2.45) is 5.92 Å². The van der Waals surface area contributed by atoms with Crippen LogP contribution in [0, 0.1) is 12.8 Å². The van der Waals surface area contributed by atoms with E-state index >= 15 is 0 Å². The van der Waals surface area contributed by atoms with Crippen LogP contribution in [0.5, 0.6) is 0 Å². The van der Waals surface area contributed by atoms with Crippen molar-refractivity contribution in [3.63, 3.8) is 0 Å². The number of hydrogen-bond acceptors (Lipinski definition) is 0. The molecule has 1 aromatic carbocycles. The van der Waals surface area contributed by atoms with Gasteiger partial charge >= 0.3 is 0 Å². The van der Waals surface area contributed by atoms with Gasteiger partial charge in [0.2, 0.25) is 0 Å². The van der Waals surface area contributed by atoms with Gasteiger partial charge in [-0.25, -0.2) is 0 Å². The second-order valence-electron chi connectivity index (χ2n) is 3.68. The van der Waals surface area contributed by atoms with Crippen molar-refractivity contribution in [1.29, 1.82) is 0 Å². The maximum Gasteiger partial charge on any atom is -0.0276 e. The van der Waals surface area contributed by atoms with E-state index in [9.17, 15) is 0 Å². The van der Waals surface area contributed by atoms with Crippen molar-refractivity contribution in [2.75, 3.05) is 0 Å². The van der Waals surface area contributed by atoms with Crippen molar-refractivity contribution in [3.8, 4) is 0 Å². The number of aryl methyl sites for hydroxylation is 1. The highest BCUT2D eigenvalue weighted by Gasteiger charge is 2.00. The molecule has 13 heavy (non-hydrogen) atoms. The monoisotopic (exact) mass is 175 g/mol. The zero-order valence-corrected chi connectivity index (χ0v) is 8.50. The van der Waals surface area contributed by atoms with Gasteiger partial charge in [0.05, 0.1) is 0 Å². The lowest BCUT2D eigenvalue weighted by molar-refractivity contribution is 0.533. The molecule has 0 nitrogen and oxygen atoms in total. The quantitative estimate of drug-likeness (QED) is 0.637. The summed E-state index contributed by atoms with van der Waals surface area (Å²) < 4.78 is 0. The molecule has 1 radical (unpaired) electrons. The Kier molecular flexibility index (Phi) is 4.59. The molecule has 0 amide bonds. The normalized spacial score (nSPS) is 12.8. The first kappa shape index (κ1) is 10.3. The zero-order valence-electron chi connectivity index (χ0n) is 8.50. The maximum atomic E-state index is 4.14. The van der Waals surface area contributed by atoms with Crippen molar-refractivity contribution < 1.29 is 0 Å². The molecule has 0 heterocycles. The van der Waals surface area contributed by atoms with E-state index in [-0.39, 0.29) is 0 Å². The Labute approximate surface area is 82.0 Å². The van der Waals surface area contributed by atoms with Crippen LogP contribution >= 0.6 is 0 Å². The van der Waals surface area contributed by atoms with Crippen LogP contribution in [0.4, 0.5) is 0 Å². The second kappa shape index (κ2) is 5.80. The van der Waals surface area contributed by atoms with Gasteiger partial charge in [-0.05, 0) is 24.3 Å². The summed E-state index contributed by atoms with van der Waals surface area (Å²) in [5.41, 5.74) is 1.44. The summed E-state index contributed by atoms with van der Waals surface area (Å²) in [5, 5.41) is 0. The van der Waals surface area contributed by atoms with Crippen LogP contribution in [0.15, 0.2) is 30.3 Å². The lowest BCUT2D eigenvalue weighted by atomic mass is 9.97. The molecule has 0 saturated heterocycles. The van der Waals surface area contributed by atoms with Gasteiger partial charge in [-0.15, -0.1) is 0 Å². The predicted molar refractivity (Wildman–Crippen MR) is 58.5 cm³/mol. The third-order valence-corrected chi connectivity index (χ3v) is 2.38. The fourth-order valence-corrected chi connectivity index (χ4v) is 1.57. The molecule has 0 aliphatic rings. The van der Waals surface area contributed by atoms with Gasteiger partial charge in [-0.3, -0.25) is 0 Å². The molecular weight excluding hydrogens is 156 g/mol. The van der Waals surface area contributed by atoms with E-state index in [1.807, 2.05) is 0 Å². The van der Waals surface area contributed by atoms with E-state index in [0.29, 0.717) is 5.92 Å². The molecule has 1 atom stereocenters. The summed E-state index contributed by atoms with van der Waals surface area (Å²) in [7, 11) is 0. The minimum atomic E-state index is 0.630. The van der Waals surface area contributed by atoms with Gasteiger partial charge in [0.1, 0.15) is 0 Å². The van der Waals surface area contributed by atoms with Crippen LogP contribution in [0.3, 0.4) is 0 Å². The fraction of sp³-hybridized carbons (Fsp3) is 0.462. The highest BCUT2D eigenvalue weighted by molar-refractivity contribution is 5.14. The highest BCUT2D eigenvalue weighted by atomic mass is 14.1. The minimum Gasteiger partial charge on any atom is -0.0654 e. The largest absolute Gasteiger partial charge is 0.0654 e. The molecular formula is C13H19. The molecule has 0 bridgehead atoms. The first-order chi connectivity index (χ1) is 6.33. The Morgan fingerprint density at radius 3 is 2.46 bits per heavy atom. The molecule has 0 saturated carbocycles. The predicted octanol–water partition coefficient (Wildman–Crippen LogP) is 3.87. The second-order valence-corrected chi connectivity index (χ2v) is 3.68. The first-order valence-electron chi connectivity index (χ1n) is 5.20. The van der Waals surface area contributed by atoms with E-state index in [1.54, 1.807) is 0 Å². The molecule has 0 aliphatic heterocycles. The first-order valence-corrected chi connectivity index (χ1v) is 5.20. The van der Waals surface area contributed by atoms with E-state index in [2.05, 4.69) is 44.2 Å². The Balaban J connectivity index is 2.27. The molecule has 0 aromatic heterocycles. The number of hydrogen-bond donors (Lipinski definition) is 0. The van der Waals surface area contributed by atoms with Gasteiger partial charge < -0.3 is 0 Å². The fourth-order valence-electron chi connectivity index (χ4n) is 1.57. The number of rotatable bonds is 5. The molecule has 0 aliphatic carbocycles. The van der Waals surface area contributed by atoms with Crippen molar-refractivity contribution in [1.82, 2.24) is 0 Å². The summed E-state index contributed by atoms with van der Waals surface area (Å²) in [6.07, 6.45) is 4.91. The van der Waals surface area contributed by atoms with Gasteiger partial charge in [0.15, 0.2) is 0 Å². The van der Waals surface area contributed by atoms with Crippen LogP contribution in [0.25, 0.3) is 0 Å². The molecule has 0 heteroatoms. The van der Waals surface area contributed by atoms with Crippen molar-refractivity contribution >= 4 is 0 Å². The lowest BCUT2D eigenvalue weighted by Crippen LogP contribution is -1.96. The average molecular weight is 175 g/mol. The topological polar surface area (TPSA) is 0 Å². The molecule has 0 N–H and O–H groups in total. The molecule has 0 fully saturated rings. The van der Waals surface area contributed by atoms with Crippen LogP contribution in [-0.4, -0.2) is 0 Å². The Bertz CT molecular complexity index is 213. The van der Waals surface area contributed by atoms with E-state index in [4.69, 9.17) is 0 Å². The van der Waals surface area contributed by atoms with Crippen molar-refractivity contribution in [2.45, 2.75) is 32.6 Å². The maximum absolute atomic E-state index is 4.14. The van der Waals surface area contributed by atoms with Gasteiger partial charge in [-0.2, -0.15) is 0 Å². The van der Waals surface area contributed by atoms with Crippen LogP contribution < -0.4 is 0 Å². The molecule has 71 valence electrons. The van der Waals surface area contributed by atoms with Crippen LogP contribution in [-0.2, 0) is 6.42 Å². The van der Waals surface area contributed by atoms with E-state index in [0.717, 1.165) is 0 Å². The smallest absolute Gasteiger partial charge is 0.0276 e. The van der Waals surface area contributed by atoms with Gasteiger partial charge in [0, 0.05) is 0 Å². The third kappa shape index (κ3) is 4.12. The molecule has 1 rings (SSSR count). The summed E-state index contributed by atoms with van der Waals surface area (Å²) in [6.45, 7) is 6.37. The minimum absolute atomic E-state index is 0.630. The SMILES string of the molecule is [CH2]C(CCC)CCc1ccccc1. The Morgan fingerprint density at radius 1 is 1.15 bits per heavy atom. The highest BCUT2D eigenvalue weighted by Crippen LogP contribution is 2.13. The Hall–Kier alpha value is -0.780. The van der Waals surface area contributed by atoms with Crippen molar-refractivity contribution in [3.05, 3.63) is 42.8 Å². The number of benzene rings is 1. The van der Waals surface area contributed by atoms with Crippen LogP contribution in [0.1, 0.15) is 31.7 Å². The van der Waals surface area contributed by atoms with E-state index < -0.39 is 0 Å². The molecule has 1 unspecified atom stereocenters. The van der Waals surface area contributed by atoms with Gasteiger partial charge in [0.25, 0.3) is 0 Å². The standard InChI is InChI=1S/C13H19/c1-3-7-12(2)10-11-13-8-5-4-6-9-13/h4-6,8-9,12H,2-3,7,10-11H2,1H3. The Morgan fingerprint density at radius 2 is 1.85 bits per heavy atom. The summed E-state index contributed by atoms with van der Waals surface area (Å²) in [4.78, 5) is 0.